The number of aryl methyl sites for hydroxylation is 1. The Kier molecular flexibility index (Phi) is 6.19. The molecular formula is C26H24N4O4S. The van der Waals surface area contributed by atoms with Crippen molar-refractivity contribution in [2.45, 2.75) is 6.92 Å². The fourth-order valence-electron chi connectivity index (χ4n) is 3.99. The first kappa shape index (κ1) is 22.9. The number of aromatic nitrogens is 1. The first-order valence-electron chi connectivity index (χ1n) is 11.3. The number of amides is 2. The fourth-order valence-corrected chi connectivity index (χ4v) is 4.90. The molecule has 1 N–H and O–H groups in total. The van der Waals surface area contributed by atoms with Crippen molar-refractivity contribution in [2.75, 3.05) is 38.5 Å². The minimum Gasteiger partial charge on any atom is -0.463 e. The van der Waals surface area contributed by atoms with E-state index in [1.807, 2.05) is 31.0 Å². The Morgan fingerprint density at radius 2 is 1.91 bits per heavy atom. The number of likely N-dealkylation sites (N-methyl/N-ethyl adjacent to an activating group) is 1. The Hall–Kier alpha value is -3.82. The second kappa shape index (κ2) is 9.44. The van der Waals surface area contributed by atoms with E-state index in [-0.39, 0.29) is 16.9 Å². The molecule has 0 radical (unpaired) electrons. The summed E-state index contributed by atoms with van der Waals surface area (Å²) in [6.45, 7) is 5.04. The van der Waals surface area contributed by atoms with Gasteiger partial charge in [0.2, 0.25) is 5.91 Å². The van der Waals surface area contributed by atoms with Crippen molar-refractivity contribution < 1.29 is 14.0 Å². The van der Waals surface area contributed by atoms with Crippen molar-refractivity contribution in [3.8, 4) is 0 Å². The molecule has 2 aromatic carbocycles. The van der Waals surface area contributed by atoms with Gasteiger partial charge in [-0.15, -0.1) is 0 Å². The lowest BCUT2D eigenvalue weighted by molar-refractivity contribution is -0.111. The molecule has 3 heterocycles. The Morgan fingerprint density at radius 1 is 1.11 bits per heavy atom. The van der Waals surface area contributed by atoms with Gasteiger partial charge in [0.25, 0.3) is 5.91 Å². The van der Waals surface area contributed by atoms with E-state index in [0.717, 1.165) is 23.4 Å². The van der Waals surface area contributed by atoms with E-state index in [2.05, 4.69) is 15.2 Å². The Balaban J connectivity index is 1.30. The van der Waals surface area contributed by atoms with Crippen LogP contribution in [-0.4, -0.2) is 59.8 Å². The number of thiazole rings is 1. The largest absolute Gasteiger partial charge is 0.463 e. The van der Waals surface area contributed by atoms with Crippen LogP contribution in [0.1, 0.15) is 21.5 Å². The zero-order valence-corrected chi connectivity index (χ0v) is 20.2. The average Bonchev–Trinajstić information content (AvgIpc) is 3.25. The van der Waals surface area contributed by atoms with Gasteiger partial charge in [0.15, 0.2) is 10.6 Å². The monoisotopic (exact) mass is 488 g/mol. The van der Waals surface area contributed by atoms with E-state index in [1.54, 1.807) is 24.3 Å². The van der Waals surface area contributed by atoms with Crippen molar-refractivity contribution in [3.63, 3.8) is 0 Å². The number of nitrogens with one attached hydrogen (secondary N) is 1. The maximum absolute atomic E-state index is 12.9. The first-order valence-corrected chi connectivity index (χ1v) is 12.1. The summed E-state index contributed by atoms with van der Waals surface area (Å²) < 4.78 is 6.34. The van der Waals surface area contributed by atoms with E-state index in [4.69, 9.17) is 4.42 Å². The third-order valence-electron chi connectivity index (χ3n) is 6.03. The maximum Gasteiger partial charge on any atom is 0.253 e. The predicted molar refractivity (Wildman–Crippen MR) is 138 cm³/mol. The molecule has 0 atom stereocenters. The molecule has 2 aromatic heterocycles. The molecule has 8 nitrogen and oxygen atoms in total. The van der Waals surface area contributed by atoms with Crippen molar-refractivity contribution in [1.29, 1.82) is 0 Å². The van der Waals surface area contributed by atoms with E-state index in [9.17, 15) is 14.4 Å². The summed E-state index contributed by atoms with van der Waals surface area (Å²) in [4.78, 5) is 46.5. The highest BCUT2D eigenvalue weighted by atomic mass is 32.1. The Morgan fingerprint density at radius 3 is 2.71 bits per heavy atom. The molecule has 0 saturated carbocycles. The molecule has 0 aliphatic carbocycles. The predicted octanol–water partition coefficient (Wildman–Crippen LogP) is 3.75. The van der Waals surface area contributed by atoms with Crippen LogP contribution in [-0.2, 0) is 4.79 Å². The van der Waals surface area contributed by atoms with E-state index >= 15 is 0 Å². The number of nitrogens with zero attached hydrogens (tertiary/aromatic N) is 3. The van der Waals surface area contributed by atoms with Gasteiger partial charge in [-0.3, -0.25) is 19.7 Å². The minimum atomic E-state index is -0.415. The van der Waals surface area contributed by atoms with Crippen LogP contribution in [0.5, 0.6) is 0 Å². The third-order valence-corrected chi connectivity index (χ3v) is 6.96. The van der Waals surface area contributed by atoms with Gasteiger partial charge in [0, 0.05) is 37.8 Å². The van der Waals surface area contributed by atoms with E-state index < -0.39 is 5.91 Å². The molecule has 5 rings (SSSR count). The molecular weight excluding hydrogens is 464 g/mol. The summed E-state index contributed by atoms with van der Waals surface area (Å²) >= 11 is 1.30. The highest BCUT2D eigenvalue weighted by Gasteiger charge is 2.21. The van der Waals surface area contributed by atoms with Crippen LogP contribution in [0.4, 0.5) is 5.13 Å². The SMILES string of the molecule is Cc1ccc2occ(/C=C/C(=O)Nc3nc4ccc(C(=O)N5CCN(C)CC5)cc4s3)c(=O)c2c1. The molecule has 35 heavy (non-hydrogen) atoms. The van der Waals surface area contributed by atoms with Crippen molar-refractivity contribution in [3.05, 3.63) is 75.7 Å². The smallest absolute Gasteiger partial charge is 0.253 e. The average molecular weight is 489 g/mol. The number of carbonyl (C=O) groups excluding carboxylic acids is 2. The first-order chi connectivity index (χ1) is 16.9. The number of hydrogen-bond donors (Lipinski definition) is 1. The number of rotatable bonds is 4. The quantitative estimate of drug-likeness (QED) is 0.440. The van der Waals surface area contributed by atoms with Gasteiger partial charge >= 0.3 is 0 Å². The van der Waals surface area contributed by atoms with Crippen LogP contribution >= 0.6 is 11.3 Å². The summed E-state index contributed by atoms with van der Waals surface area (Å²) in [5.74, 6) is -0.409. The minimum absolute atomic E-state index is 0.00586. The second-order valence-corrected chi connectivity index (χ2v) is 9.67. The van der Waals surface area contributed by atoms with Gasteiger partial charge in [-0.2, -0.15) is 0 Å². The fraction of sp³-hybridized carbons (Fsp3) is 0.231. The number of piperazine rings is 1. The summed E-state index contributed by atoms with van der Waals surface area (Å²) in [7, 11) is 2.05. The lowest BCUT2D eigenvalue weighted by atomic mass is 10.1. The van der Waals surface area contributed by atoms with Gasteiger partial charge in [-0.1, -0.05) is 23.0 Å². The van der Waals surface area contributed by atoms with Crippen molar-refractivity contribution >= 4 is 55.5 Å². The molecule has 1 aliphatic heterocycles. The number of anilines is 1. The number of hydrogen-bond acceptors (Lipinski definition) is 7. The standard InChI is InChI=1S/C26H24N4O4S/c1-16-3-7-21-19(13-16)24(32)18(15-34-21)5-8-23(31)28-26-27-20-6-4-17(14-22(20)35-26)25(33)30-11-9-29(2)10-12-30/h3-8,13-15H,9-12H2,1-2H3,(H,27,28,31)/b8-5+. The number of benzene rings is 2. The highest BCUT2D eigenvalue weighted by Crippen LogP contribution is 2.27. The molecule has 0 bridgehead atoms. The normalized spacial score (nSPS) is 14.7. The summed E-state index contributed by atoms with van der Waals surface area (Å²) in [5, 5.41) is 3.62. The molecule has 9 heteroatoms. The van der Waals surface area contributed by atoms with Gasteiger partial charge in [-0.25, -0.2) is 4.98 Å². The number of fused-ring (bicyclic) bond motifs is 2. The van der Waals surface area contributed by atoms with Gasteiger partial charge in [-0.05, 0) is 50.4 Å². The zero-order valence-electron chi connectivity index (χ0n) is 19.4. The summed E-state index contributed by atoms with van der Waals surface area (Å²) in [6, 6.07) is 10.8. The molecule has 1 fully saturated rings. The Labute approximate surface area is 205 Å². The summed E-state index contributed by atoms with van der Waals surface area (Å²) in [5.41, 5.74) is 2.86. The van der Waals surface area contributed by atoms with Crippen molar-refractivity contribution in [1.82, 2.24) is 14.8 Å². The van der Waals surface area contributed by atoms with Crippen LogP contribution in [0, 0.1) is 6.92 Å². The number of carbonyl (C=O) groups is 2. The topological polar surface area (TPSA) is 95.8 Å². The molecule has 2 amide bonds. The van der Waals surface area contributed by atoms with Gasteiger partial charge in [0.05, 0.1) is 21.2 Å². The third kappa shape index (κ3) is 4.87. The second-order valence-electron chi connectivity index (χ2n) is 8.64. The lowest BCUT2D eigenvalue weighted by Gasteiger charge is -2.32. The lowest BCUT2D eigenvalue weighted by Crippen LogP contribution is -2.47. The van der Waals surface area contributed by atoms with E-state index in [1.165, 1.54) is 29.8 Å². The van der Waals surface area contributed by atoms with Crippen molar-refractivity contribution in [2.24, 2.45) is 0 Å². The molecule has 1 saturated heterocycles. The zero-order chi connectivity index (χ0) is 24.5. The molecule has 0 unspecified atom stereocenters. The molecule has 0 spiro atoms. The van der Waals surface area contributed by atoms with Crippen LogP contribution in [0.25, 0.3) is 27.3 Å². The Bertz CT molecular complexity index is 1530. The maximum atomic E-state index is 12.9. The van der Waals surface area contributed by atoms with Gasteiger partial charge in [0.1, 0.15) is 11.8 Å². The van der Waals surface area contributed by atoms with Crippen LogP contribution in [0.2, 0.25) is 0 Å². The highest BCUT2D eigenvalue weighted by molar-refractivity contribution is 7.22. The molecule has 178 valence electrons. The van der Waals surface area contributed by atoms with Crippen LogP contribution < -0.4 is 10.7 Å². The van der Waals surface area contributed by atoms with Gasteiger partial charge < -0.3 is 14.2 Å². The molecule has 4 aromatic rings. The van der Waals surface area contributed by atoms with Crippen LogP contribution in [0.3, 0.4) is 0 Å². The van der Waals surface area contributed by atoms with E-state index in [0.29, 0.717) is 40.3 Å². The summed E-state index contributed by atoms with van der Waals surface area (Å²) in [6.07, 6.45) is 4.06. The molecule has 1 aliphatic rings. The van der Waals surface area contributed by atoms with Crippen LogP contribution in [0.15, 0.2) is 57.9 Å².